The lowest BCUT2D eigenvalue weighted by molar-refractivity contribution is -0.153. The number of benzene rings is 2. The third kappa shape index (κ3) is 5.80. The van der Waals surface area contributed by atoms with Crippen LogP contribution in [0.3, 0.4) is 0 Å². The third-order valence-corrected chi connectivity index (χ3v) is 6.78. The van der Waals surface area contributed by atoms with Gasteiger partial charge >= 0.3 is 30.9 Å². The summed E-state index contributed by atoms with van der Waals surface area (Å²) in [4.78, 5) is 64.9. The summed E-state index contributed by atoms with van der Waals surface area (Å²) < 4.78 is 5.40. The van der Waals surface area contributed by atoms with Crippen LogP contribution in [0.2, 0.25) is 5.02 Å². The first-order valence-corrected chi connectivity index (χ1v) is 12.5. The number of carbonyl (C=O) groups is 5. The molecule has 2 atom stereocenters. The van der Waals surface area contributed by atoms with Crippen LogP contribution in [-0.4, -0.2) is 94.0 Å². The molecular formula is C24H25BClN5O9. The van der Waals surface area contributed by atoms with Gasteiger partial charge in [-0.3, -0.25) is 19.3 Å². The van der Waals surface area contributed by atoms with Crippen LogP contribution in [0.1, 0.15) is 27.5 Å². The normalized spacial score (nSPS) is 17.6. The summed E-state index contributed by atoms with van der Waals surface area (Å²) in [5.41, 5.74) is 5.76. The van der Waals surface area contributed by atoms with Crippen LogP contribution in [0.25, 0.3) is 0 Å². The number of urea groups is 1. The monoisotopic (exact) mass is 573 g/mol. The molecule has 0 aliphatic carbocycles. The molecule has 16 heteroatoms. The van der Waals surface area contributed by atoms with Crippen LogP contribution in [0.5, 0.6) is 11.5 Å². The van der Waals surface area contributed by atoms with Gasteiger partial charge in [-0.05, 0) is 30.2 Å². The maximum atomic E-state index is 13.5. The highest BCUT2D eigenvalue weighted by molar-refractivity contribution is 6.47. The summed E-state index contributed by atoms with van der Waals surface area (Å²) in [5.74, 6) is -5.45. The minimum atomic E-state index is -1.64. The summed E-state index contributed by atoms with van der Waals surface area (Å²) in [5, 5.41) is 34.6. The molecule has 4 rings (SSSR count). The Hall–Kier alpha value is -4.34. The minimum Gasteiger partial charge on any atom is -0.534 e. The molecule has 0 unspecified atom stereocenters. The molecular weight excluding hydrogens is 549 g/mol. The second kappa shape index (κ2) is 11.8. The minimum absolute atomic E-state index is 0.0105. The van der Waals surface area contributed by atoms with Gasteiger partial charge in [0.25, 0.3) is 0 Å². The lowest BCUT2D eigenvalue weighted by Crippen LogP contribution is -2.60. The van der Waals surface area contributed by atoms with Gasteiger partial charge in [0, 0.05) is 31.7 Å². The van der Waals surface area contributed by atoms with Crippen molar-refractivity contribution in [3.63, 3.8) is 0 Å². The number of nitrogens with two attached hydrogens (primary N) is 1. The number of piperazine rings is 1. The highest BCUT2D eigenvalue weighted by Gasteiger charge is 2.41. The molecule has 2 aromatic rings. The number of carbonyl (C=O) groups excluding carboxylic acids is 4. The van der Waals surface area contributed by atoms with Gasteiger partial charge < -0.3 is 41.2 Å². The van der Waals surface area contributed by atoms with E-state index >= 15 is 0 Å². The molecule has 0 aromatic heterocycles. The number of hydrogen-bond acceptors (Lipinski definition) is 9. The summed E-state index contributed by atoms with van der Waals surface area (Å²) >= 11 is 6.25. The SMILES string of the molecule is NCCN1CCN(C(=O)N[C@@H](C(=O)N[C@H]2Cc3cccc(C(=O)O)c3OB2O)c2ccc(O)cc2Cl)C(=O)C1=O. The summed E-state index contributed by atoms with van der Waals surface area (Å²) in [6.45, 7) is 0.171. The molecule has 2 aromatic carbocycles. The lowest BCUT2D eigenvalue weighted by Gasteiger charge is -2.33. The number of halogens is 1. The van der Waals surface area contributed by atoms with Crippen molar-refractivity contribution in [2.75, 3.05) is 26.2 Å². The van der Waals surface area contributed by atoms with Crippen LogP contribution in [0.15, 0.2) is 36.4 Å². The smallest absolute Gasteiger partial charge is 0.534 e. The van der Waals surface area contributed by atoms with E-state index in [4.69, 9.17) is 22.0 Å². The highest BCUT2D eigenvalue weighted by atomic mass is 35.5. The topological polar surface area (TPSA) is 212 Å². The Kier molecular flexibility index (Phi) is 8.47. The fourth-order valence-corrected chi connectivity index (χ4v) is 4.74. The van der Waals surface area contributed by atoms with E-state index in [9.17, 15) is 39.2 Å². The maximum Gasteiger partial charge on any atom is 0.547 e. The Morgan fingerprint density at radius 2 is 1.93 bits per heavy atom. The van der Waals surface area contributed by atoms with Gasteiger partial charge in [0.1, 0.15) is 17.5 Å². The number of fused-ring (bicyclic) bond motifs is 1. The molecule has 7 N–H and O–H groups in total. The summed E-state index contributed by atoms with van der Waals surface area (Å²) in [6.07, 6.45) is -0.0105. The van der Waals surface area contributed by atoms with Crippen LogP contribution < -0.4 is 21.0 Å². The van der Waals surface area contributed by atoms with Crippen molar-refractivity contribution in [3.05, 3.63) is 58.1 Å². The zero-order chi connectivity index (χ0) is 29.1. The van der Waals surface area contributed by atoms with E-state index in [1.807, 2.05) is 0 Å². The van der Waals surface area contributed by atoms with Gasteiger partial charge in [-0.1, -0.05) is 29.8 Å². The number of amides is 5. The van der Waals surface area contributed by atoms with Crippen molar-refractivity contribution >= 4 is 48.4 Å². The van der Waals surface area contributed by atoms with Crippen LogP contribution >= 0.6 is 11.6 Å². The molecule has 1 fully saturated rings. The number of aromatic hydroxyl groups is 1. The molecule has 210 valence electrons. The maximum absolute atomic E-state index is 13.5. The number of phenolic OH excluding ortho intramolecular Hbond substituents is 1. The fraction of sp³-hybridized carbons (Fsp3) is 0.292. The van der Waals surface area contributed by atoms with Crippen molar-refractivity contribution in [3.8, 4) is 11.5 Å². The van der Waals surface area contributed by atoms with Crippen molar-refractivity contribution in [2.24, 2.45) is 5.73 Å². The number of imide groups is 1. The van der Waals surface area contributed by atoms with Crippen molar-refractivity contribution in [2.45, 2.75) is 18.4 Å². The van der Waals surface area contributed by atoms with E-state index in [0.29, 0.717) is 10.5 Å². The van der Waals surface area contributed by atoms with Crippen LogP contribution in [0.4, 0.5) is 4.79 Å². The Morgan fingerprint density at radius 1 is 1.18 bits per heavy atom. The first kappa shape index (κ1) is 28.7. The molecule has 40 heavy (non-hydrogen) atoms. The first-order valence-electron chi connectivity index (χ1n) is 12.1. The Balaban J connectivity index is 1.57. The molecule has 0 spiro atoms. The number of nitrogens with one attached hydrogen (secondary N) is 2. The number of nitrogens with zero attached hydrogens (tertiary/aromatic N) is 2. The quantitative estimate of drug-likeness (QED) is 0.180. The Bertz CT molecular complexity index is 1380. The number of carboxylic acids is 1. The van der Waals surface area contributed by atoms with E-state index in [1.54, 1.807) is 6.07 Å². The number of aromatic carboxylic acids is 1. The van der Waals surface area contributed by atoms with E-state index in [-0.39, 0.29) is 60.2 Å². The van der Waals surface area contributed by atoms with Crippen LogP contribution in [0, 0.1) is 0 Å². The van der Waals surface area contributed by atoms with E-state index in [1.165, 1.54) is 29.2 Å². The lowest BCUT2D eigenvalue weighted by atomic mass is 9.72. The molecule has 0 bridgehead atoms. The Labute approximate surface area is 232 Å². The summed E-state index contributed by atoms with van der Waals surface area (Å²) in [7, 11) is -1.64. The van der Waals surface area contributed by atoms with Gasteiger partial charge in [0.2, 0.25) is 5.91 Å². The van der Waals surface area contributed by atoms with E-state index in [2.05, 4.69) is 10.6 Å². The van der Waals surface area contributed by atoms with Gasteiger partial charge in [-0.15, -0.1) is 0 Å². The van der Waals surface area contributed by atoms with Crippen molar-refractivity contribution < 1.29 is 43.9 Å². The number of para-hydroxylation sites is 1. The molecule has 1 saturated heterocycles. The number of hydrogen-bond donors (Lipinski definition) is 6. The van der Waals surface area contributed by atoms with Crippen molar-refractivity contribution in [1.82, 2.24) is 20.4 Å². The third-order valence-electron chi connectivity index (χ3n) is 6.46. The standard InChI is InChI=1S/C24H25BClN5O9/c26-16-11-13(32)4-5-14(16)18(29-24(38)31-9-8-30(7-6-27)21(34)22(31)35)20(33)28-17-10-12-2-1-3-15(23(36)37)19(12)40-25(17)39/h1-5,11,17-18,32,39H,6-10,27H2,(H,28,33)(H,29,38)(H,36,37)/t17-,18+/m0/s1. The fourth-order valence-electron chi connectivity index (χ4n) is 4.46. The van der Waals surface area contributed by atoms with E-state index in [0.717, 1.165) is 6.07 Å². The molecule has 0 radical (unpaired) electrons. The molecule has 2 aliphatic rings. The molecule has 14 nitrogen and oxygen atoms in total. The number of carboxylic acid groups (broad SMARTS) is 1. The largest absolute Gasteiger partial charge is 0.547 e. The Morgan fingerprint density at radius 3 is 2.60 bits per heavy atom. The predicted molar refractivity (Wildman–Crippen MR) is 139 cm³/mol. The van der Waals surface area contributed by atoms with Crippen LogP contribution in [-0.2, 0) is 20.8 Å². The predicted octanol–water partition coefficient (Wildman–Crippen LogP) is -0.736. The molecule has 2 aliphatic heterocycles. The molecule has 2 heterocycles. The average molecular weight is 574 g/mol. The van der Waals surface area contributed by atoms with E-state index < -0.39 is 48.8 Å². The summed E-state index contributed by atoms with van der Waals surface area (Å²) in [6, 6.07) is 5.46. The molecule has 5 amide bonds. The van der Waals surface area contributed by atoms with Gasteiger partial charge in [-0.2, -0.15) is 0 Å². The second-order valence-electron chi connectivity index (χ2n) is 9.05. The average Bonchev–Trinajstić information content (AvgIpc) is 2.90. The van der Waals surface area contributed by atoms with Gasteiger partial charge in [0.15, 0.2) is 0 Å². The number of rotatable bonds is 7. The second-order valence-corrected chi connectivity index (χ2v) is 9.46. The zero-order valence-corrected chi connectivity index (χ0v) is 21.6. The zero-order valence-electron chi connectivity index (χ0n) is 20.9. The van der Waals surface area contributed by atoms with Crippen molar-refractivity contribution in [1.29, 1.82) is 0 Å². The number of phenols is 1. The molecule has 0 saturated carbocycles. The van der Waals surface area contributed by atoms with Gasteiger partial charge in [-0.25, -0.2) is 9.59 Å². The highest BCUT2D eigenvalue weighted by Crippen LogP contribution is 2.31. The first-order chi connectivity index (χ1) is 19.0. The van der Waals surface area contributed by atoms with Gasteiger partial charge in [0.05, 0.1) is 16.5 Å².